The molecule has 0 radical (unpaired) electrons. The molecule has 0 amide bonds. The van der Waals surface area contributed by atoms with Crippen LogP contribution < -0.4 is 16.0 Å². The number of hydrogen-bond acceptors (Lipinski definition) is 3. The fraction of sp³-hybridized carbons (Fsp3) is 0.750. The van der Waals surface area contributed by atoms with Gasteiger partial charge in [-0.2, -0.15) is 0 Å². The third kappa shape index (κ3) is 58.4. The third-order valence-electron chi connectivity index (χ3n) is 2.75. The van der Waals surface area contributed by atoms with E-state index >= 15 is 0 Å². The number of nitrogens with zero attached hydrogens (tertiary/aromatic N) is 1. The van der Waals surface area contributed by atoms with Crippen LogP contribution >= 0.6 is 37.2 Å². The maximum absolute atomic E-state index is 9.58. The van der Waals surface area contributed by atoms with Gasteiger partial charge in [-0.1, -0.05) is 12.8 Å². The Kier molecular flexibility index (Phi) is 86.7. The van der Waals surface area contributed by atoms with E-state index in [1.54, 1.807) is 0 Å². The number of halogens is 6. The van der Waals surface area contributed by atoms with Crippen LogP contribution in [0.4, 0.5) is 13.2 Å². The van der Waals surface area contributed by atoms with E-state index < -0.39 is 6.68 Å². The first-order chi connectivity index (χ1) is 9.73. The van der Waals surface area contributed by atoms with Gasteiger partial charge in [-0.3, -0.25) is 0 Å². The first-order valence-corrected chi connectivity index (χ1v) is 7.32. The predicted octanol–water partition coefficient (Wildman–Crippen LogP) is 4.66. The maximum atomic E-state index is 9.58. The van der Waals surface area contributed by atoms with Crippen molar-refractivity contribution in [2.45, 2.75) is 25.7 Å². The second-order valence-electron chi connectivity index (χ2n) is 4.55. The fourth-order valence-corrected chi connectivity index (χ4v) is 1.80. The van der Waals surface area contributed by atoms with Gasteiger partial charge in [0.05, 0.1) is 0 Å². The Balaban J connectivity index is -0.0000000502. The van der Waals surface area contributed by atoms with Crippen LogP contribution in [0.25, 0.3) is 5.32 Å². The summed E-state index contributed by atoms with van der Waals surface area (Å²) in [7, 11) is 0. The molecule has 4 nitrogen and oxygen atoms in total. The summed E-state index contributed by atoms with van der Waals surface area (Å²) in [6.07, 6.45) is 4.82. The van der Waals surface area contributed by atoms with Gasteiger partial charge in [0, 0.05) is 21.7 Å². The van der Waals surface area contributed by atoms with Crippen molar-refractivity contribution >= 4 is 37.2 Å². The second-order valence-corrected chi connectivity index (χ2v) is 4.55. The Morgan fingerprint density at radius 2 is 0.778 bits per heavy atom. The Morgan fingerprint density at radius 1 is 0.556 bits per heavy atom. The molecule has 1 aliphatic rings. The van der Waals surface area contributed by atoms with E-state index in [0.29, 0.717) is 0 Å². The van der Waals surface area contributed by atoms with Gasteiger partial charge in [0.25, 0.3) is 0 Å². The molecule has 0 atom stereocenters. The predicted molar refractivity (Wildman–Crippen MR) is 118 cm³/mol. The molecule has 1 fully saturated rings. The number of nitrogens with one attached hydrogen (secondary N) is 3. The Bertz CT molecular complexity index is 140. The molecule has 0 bridgehead atoms. The normalized spacial score (nSPS) is 15.6. The van der Waals surface area contributed by atoms with Crippen LogP contribution in [0.3, 0.4) is 0 Å². The zero-order valence-electron chi connectivity index (χ0n) is 16.8. The minimum atomic E-state index is -3.08. The van der Waals surface area contributed by atoms with Gasteiger partial charge in [0.1, 0.15) is 0 Å². The minimum absolute atomic E-state index is 0. The summed E-state index contributed by atoms with van der Waals surface area (Å²) in [5, 5.41) is 14.9. The van der Waals surface area contributed by atoms with Gasteiger partial charge >= 0.3 is 0 Å². The van der Waals surface area contributed by atoms with Crippen LogP contribution in [0.15, 0.2) is 0 Å². The van der Waals surface area contributed by atoms with Gasteiger partial charge in [-0.15, -0.1) is 50.3 Å². The van der Waals surface area contributed by atoms with Crippen molar-refractivity contribution in [3.8, 4) is 0 Å². The molecule has 0 saturated carbocycles. The molecule has 27 heavy (non-hydrogen) atoms. The maximum Gasteiger partial charge on any atom is 0.154 e. The zero-order valence-corrected chi connectivity index (χ0v) is 20.8. The van der Waals surface area contributed by atoms with Crippen molar-refractivity contribution in [3.63, 3.8) is 0 Å². The monoisotopic (exact) mass is 497 g/mol. The van der Waals surface area contributed by atoms with Gasteiger partial charge in [-0.25, -0.2) is 0 Å². The largest absolute Gasteiger partial charge is 0.662 e. The van der Waals surface area contributed by atoms with E-state index in [4.69, 9.17) is 0 Å². The molecule has 0 unspecified atom stereocenters. The quantitative estimate of drug-likeness (QED) is 0.336. The van der Waals surface area contributed by atoms with Gasteiger partial charge < -0.3 is 56.7 Å². The average molecular weight is 499 g/mol. The van der Waals surface area contributed by atoms with E-state index in [-0.39, 0.29) is 81.2 Å². The molecule has 0 aliphatic carbocycles. The van der Waals surface area contributed by atoms with Crippen molar-refractivity contribution in [2.75, 3.05) is 52.4 Å². The molecule has 0 aromatic carbocycles. The van der Waals surface area contributed by atoms with Gasteiger partial charge in [-0.05, 0) is 52.1 Å². The SMILES string of the molecule is C1C[N-]CCCNCCCNCCCNC1.Cl.Cl.Cl.F[C-](F)F.[CH3-].[CH3-].[CH3-].[Ti]. The minimum Gasteiger partial charge on any atom is -0.662 e. The molecular weight excluding hydrogens is 459 g/mol. The average Bonchev–Trinajstić information content (AvgIpc) is 2.38. The second kappa shape index (κ2) is 45.8. The summed E-state index contributed by atoms with van der Waals surface area (Å²) < 4.78 is 28.8. The van der Waals surface area contributed by atoms with Crippen LogP contribution in [0, 0.1) is 29.0 Å². The molecule has 11 heteroatoms. The summed E-state index contributed by atoms with van der Waals surface area (Å²) in [5.41, 5.74) is 0. The number of rotatable bonds is 0. The third-order valence-corrected chi connectivity index (χ3v) is 2.75. The van der Waals surface area contributed by atoms with Crippen molar-refractivity contribution in [3.05, 3.63) is 34.3 Å². The smallest absolute Gasteiger partial charge is 0.154 e. The summed E-state index contributed by atoms with van der Waals surface area (Å²) in [4.78, 5) is 0. The van der Waals surface area contributed by atoms with Crippen molar-refractivity contribution in [2.24, 2.45) is 0 Å². The summed E-state index contributed by atoms with van der Waals surface area (Å²) in [6, 6.07) is 0. The molecule has 1 saturated heterocycles. The van der Waals surface area contributed by atoms with E-state index in [2.05, 4.69) is 21.3 Å². The van der Waals surface area contributed by atoms with Crippen LogP contribution in [-0.4, -0.2) is 52.4 Å². The summed E-state index contributed by atoms with van der Waals surface area (Å²) >= 11 is 0. The van der Waals surface area contributed by atoms with Crippen LogP contribution in [-0.2, 0) is 21.7 Å². The van der Waals surface area contributed by atoms with Crippen LogP contribution in [0.5, 0.6) is 0 Å². The Hall–Kier alpha value is 1.21. The fourth-order valence-electron chi connectivity index (χ4n) is 1.80. The molecule has 3 N–H and O–H groups in total. The summed E-state index contributed by atoms with van der Waals surface area (Å²) in [5.74, 6) is 0. The number of hydrogen-bond donors (Lipinski definition) is 3. The molecule has 1 rings (SSSR count). The molecule has 1 heterocycles. The van der Waals surface area contributed by atoms with Gasteiger partial charge in [0.2, 0.25) is 0 Å². The first kappa shape index (κ1) is 51.1. The molecule has 0 aromatic heterocycles. The van der Waals surface area contributed by atoms with Crippen molar-refractivity contribution in [1.29, 1.82) is 0 Å². The molecular formula is C16H39Cl3F3N4Ti-5. The Morgan fingerprint density at radius 3 is 1.04 bits per heavy atom. The van der Waals surface area contributed by atoms with Crippen LogP contribution in [0.1, 0.15) is 25.7 Å². The van der Waals surface area contributed by atoms with Crippen molar-refractivity contribution in [1.82, 2.24) is 16.0 Å². The van der Waals surface area contributed by atoms with E-state index in [9.17, 15) is 13.2 Å². The van der Waals surface area contributed by atoms with E-state index in [1.165, 1.54) is 25.7 Å². The molecule has 0 spiro atoms. The topological polar surface area (TPSA) is 50.2 Å². The summed E-state index contributed by atoms with van der Waals surface area (Å²) in [6.45, 7) is 5.71. The van der Waals surface area contributed by atoms with Gasteiger partial charge in [0.15, 0.2) is 6.68 Å². The molecule has 0 aromatic rings. The van der Waals surface area contributed by atoms with E-state index in [0.717, 1.165) is 52.4 Å². The van der Waals surface area contributed by atoms with E-state index in [1.807, 2.05) is 0 Å². The standard InChI is InChI=1S/C12H27N4.CF3.3CH3.3ClH.Ti/c1-5-13-7-2-9-15-11-4-12-16-10-3-8-14-6-1;2-1(3)4;;;;;;;/h13-15H,1-12H2;;3*1H3;3*1H;/q5*-1;;;;. The zero-order chi connectivity index (χ0) is 14.9. The molecule has 174 valence electrons. The van der Waals surface area contributed by atoms with Crippen LogP contribution in [0.2, 0.25) is 0 Å². The Labute approximate surface area is 199 Å². The first-order valence-electron chi connectivity index (χ1n) is 7.32. The molecule has 1 aliphatic heterocycles. The van der Waals surface area contributed by atoms with Crippen molar-refractivity contribution < 1.29 is 34.9 Å².